The lowest BCUT2D eigenvalue weighted by molar-refractivity contribution is -0.192. The summed E-state index contributed by atoms with van der Waals surface area (Å²) < 4.78 is 5.95. The highest BCUT2D eigenvalue weighted by Gasteiger charge is 2.58. The number of rotatable bonds is 3. The van der Waals surface area contributed by atoms with E-state index in [1.807, 2.05) is 0 Å². The average Bonchev–Trinajstić information content (AvgIpc) is 2.86. The lowest BCUT2D eigenvalue weighted by Gasteiger charge is -2.60. The van der Waals surface area contributed by atoms with Gasteiger partial charge in [-0.1, -0.05) is 27.7 Å². The van der Waals surface area contributed by atoms with Crippen LogP contribution in [0.15, 0.2) is 0 Å². The second kappa shape index (κ2) is 3.71. The molecule has 0 amide bonds. The molecule has 17 heavy (non-hydrogen) atoms. The SMILES string of the molecule is CC1(C)CC1CNC1C2CCCOC2C1(C)C. The molecule has 3 rings (SSSR count). The first-order valence-electron chi connectivity index (χ1n) is 7.28. The van der Waals surface area contributed by atoms with Crippen molar-refractivity contribution in [2.45, 2.75) is 59.1 Å². The summed E-state index contributed by atoms with van der Waals surface area (Å²) in [7, 11) is 0. The van der Waals surface area contributed by atoms with Crippen molar-refractivity contribution < 1.29 is 4.74 Å². The van der Waals surface area contributed by atoms with Crippen LogP contribution < -0.4 is 5.32 Å². The van der Waals surface area contributed by atoms with E-state index in [0.717, 1.165) is 18.4 Å². The summed E-state index contributed by atoms with van der Waals surface area (Å²) >= 11 is 0. The fraction of sp³-hybridized carbons (Fsp3) is 1.00. The van der Waals surface area contributed by atoms with Crippen LogP contribution in [0.25, 0.3) is 0 Å². The third kappa shape index (κ3) is 1.84. The maximum atomic E-state index is 5.95. The zero-order valence-electron chi connectivity index (χ0n) is 11.8. The molecule has 2 saturated carbocycles. The van der Waals surface area contributed by atoms with Gasteiger partial charge >= 0.3 is 0 Å². The van der Waals surface area contributed by atoms with Crippen LogP contribution in [0.2, 0.25) is 0 Å². The Morgan fingerprint density at radius 1 is 1.24 bits per heavy atom. The number of fused-ring (bicyclic) bond motifs is 1. The van der Waals surface area contributed by atoms with Gasteiger partial charge in [-0.25, -0.2) is 0 Å². The molecule has 3 fully saturated rings. The van der Waals surface area contributed by atoms with E-state index in [2.05, 4.69) is 33.0 Å². The van der Waals surface area contributed by atoms with Gasteiger partial charge in [0.25, 0.3) is 0 Å². The van der Waals surface area contributed by atoms with Gasteiger partial charge < -0.3 is 10.1 Å². The van der Waals surface area contributed by atoms with Crippen LogP contribution in [0.4, 0.5) is 0 Å². The molecule has 0 spiro atoms. The molecular weight excluding hydrogens is 210 g/mol. The molecule has 4 unspecified atom stereocenters. The highest BCUT2D eigenvalue weighted by molar-refractivity contribution is 5.11. The largest absolute Gasteiger partial charge is 0.377 e. The maximum absolute atomic E-state index is 5.95. The van der Waals surface area contributed by atoms with Gasteiger partial charge in [0.15, 0.2) is 0 Å². The molecule has 0 aromatic carbocycles. The van der Waals surface area contributed by atoms with Crippen molar-refractivity contribution in [2.75, 3.05) is 13.2 Å². The van der Waals surface area contributed by atoms with Crippen molar-refractivity contribution in [3.05, 3.63) is 0 Å². The van der Waals surface area contributed by atoms with E-state index in [4.69, 9.17) is 4.74 Å². The quantitative estimate of drug-likeness (QED) is 0.815. The molecule has 0 aromatic heterocycles. The minimum absolute atomic E-state index is 0.337. The zero-order valence-corrected chi connectivity index (χ0v) is 11.8. The Kier molecular flexibility index (Phi) is 2.61. The van der Waals surface area contributed by atoms with E-state index in [-0.39, 0.29) is 0 Å². The van der Waals surface area contributed by atoms with E-state index < -0.39 is 0 Å². The van der Waals surface area contributed by atoms with E-state index in [1.165, 1.54) is 25.8 Å². The van der Waals surface area contributed by atoms with Gasteiger partial charge in [0, 0.05) is 24.0 Å². The summed E-state index contributed by atoms with van der Waals surface area (Å²) in [6.45, 7) is 11.7. The number of ether oxygens (including phenoxy) is 1. The number of hydrogen-bond acceptors (Lipinski definition) is 2. The van der Waals surface area contributed by atoms with Gasteiger partial charge in [-0.3, -0.25) is 0 Å². The molecule has 2 aliphatic carbocycles. The molecule has 0 radical (unpaired) electrons. The Balaban J connectivity index is 1.56. The molecular formula is C15H27NO. The molecule has 4 atom stereocenters. The van der Waals surface area contributed by atoms with Crippen molar-refractivity contribution >= 4 is 0 Å². The van der Waals surface area contributed by atoms with Crippen molar-refractivity contribution in [3.63, 3.8) is 0 Å². The normalized spacial score (nSPS) is 45.9. The topological polar surface area (TPSA) is 21.3 Å². The van der Waals surface area contributed by atoms with Crippen LogP contribution in [-0.4, -0.2) is 25.3 Å². The first-order chi connectivity index (χ1) is 7.93. The highest BCUT2D eigenvalue weighted by Crippen LogP contribution is 2.54. The van der Waals surface area contributed by atoms with E-state index >= 15 is 0 Å². The Hall–Kier alpha value is -0.0800. The molecule has 98 valence electrons. The summed E-state index contributed by atoms with van der Waals surface area (Å²) in [4.78, 5) is 0. The number of nitrogens with one attached hydrogen (secondary N) is 1. The predicted octanol–water partition coefficient (Wildman–Crippen LogP) is 2.83. The third-order valence-electron chi connectivity index (χ3n) is 5.63. The molecule has 3 aliphatic rings. The molecule has 2 nitrogen and oxygen atoms in total. The Morgan fingerprint density at radius 3 is 2.59 bits per heavy atom. The third-order valence-corrected chi connectivity index (χ3v) is 5.63. The fourth-order valence-electron chi connectivity index (χ4n) is 4.13. The zero-order chi connectivity index (χ0) is 12.3. The van der Waals surface area contributed by atoms with Crippen molar-refractivity contribution in [1.82, 2.24) is 5.32 Å². The Morgan fingerprint density at radius 2 is 1.94 bits per heavy atom. The monoisotopic (exact) mass is 237 g/mol. The van der Waals surface area contributed by atoms with Gasteiger partial charge in [-0.05, 0) is 37.1 Å². The summed E-state index contributed by atoms with van der Waals surface area (Å²) in [6.07, 6.45) is 4.53. The molecule has 1 N–H and O–H groups in total. The standard InChI is InChI=1S/C15H27NO/c1-14(2)8-10(14)9-16-12-11-6-5-7-17-13(11)15(12,3)4/h10-13,16H,5-9H2,1-4H3. The van der Waals surface area contributed by atoms with Crippen LogP contribution >= 0.6 is 0 Å². The van der Waals surface area contributed by atoms with E-state index in [1.54, 1.807) is 0 Å². The van der Waals surface area contributed by atoms with Crippen LogP contribution in [-0.2, 0) is 4.74 Å². The van der Waals surface area contributed by atoms with Crippen LogP contribution in [0.5, 0.6) is 0 Å². The molecule has 0 bridgehead atoms. The predicted molar refractivity (Wildman–Crippen MR) is 69.9 cm³/mol. The minimum Gasteiger partial charge on any atom is -0.377 e. The summed E-state index contributed by atoms with van der Waals surface area (Å²) in [5.74, 6) is 1.68. The van der Waals surface area contributed by atoms with Gasteiger partial charge in [0.1, 0.15) is 0 Å². The molecule has 0 aromatic rings. The average molecular weight is 237 g/mol. The second-order valence-corrected chi connectivity index (χ2v) is 7.69. The molecule has 1 heterocycles. The fourth-order valence-corrected chi connectivity index (χ4v) is 4.13. The first kappa shape index (κ1) is 12.0. The smallest absolute Gasteiger partial charge is 0.0684 e. The Bertz CT molecular complexity index is 310. The first-order valence-corrected chi connectivity index (χ1v) is 7.28. The summed E-state index contributed by atoms with van der Waals surface area (Å²) in [5, 5.41) is 3.85. The second-order valence-electron chi connectivity index (χ2n) is 7.69. The number of hydrogen-bond donors (Lipinski definition) is 1. The van der Waals surface area contributed by atoms with Gasteiger partial charge in [0.05, 0.1) is 6.10 Å². The maximum Gasteiger partial charge on any atom is 0.0684 e. The van der Waals surface area contributed by atoms with Crippen molar-refractivity contribution in [2.24, 2.45) is 22.7 Å². The summed E-state index contributed by atoms with van der Waals surface area (Å²) in [6, 6.07) is 0.684. The van der Waals surface area contributed by atoms with Gasteiger partial charge in [0.2, 0.25) is 0 Å². The van der Waals surface area contributed by atoms with Crippen molar-refractivity contribution in [3.8, 4) is 0 Å². The van der Waals surface area contributed by atoms with Gasteiger partial charge in [-0.15, -0.1) is 0 Å². The molecule has 2 heteroatoms. The van der Waals surface area contributed by atoms with Crippen LogP contribution in [0, 0.1) is 22.7 Å². The highest BCUT2D eigenvalue weighted by atomic mass is 16.5. The van der Waals surface area contributed by atoms with Crippen LogP contribution in [0.3, 0.4) is 0 Å². The summed E-state index contributed by atoms with van der Waals surface area (Å²) in [5.41, 5.74) is 0.938. The molecule has 1 aliphatic heterocycles. The molecule has 1 saturated heterocycles. The van der Waals surface area contributed by atoms with Gasteiger partial charge in [-0.2, -0.15) is 0 Å². The Labute approximate surface area is 105 Å². The lowest BCUT2D eigenvalue weighted by atomic mass is 9.55. The van der Waals surface area contributed by atoms with Crippen LogP contribution in [0.1, 0.15) is 47.0 Å². The lowest BCUT2D eigenvalue weighted by Crippen LogP contribution is -2.69. The van der Waals surface area contributed by atoms with Crippen molar-refractivity contribution in [1.29, 1.82) is 0 Å². The minimum atomic E-state index is 0.337. The van der Waals surface area contributed by atoms with E-state index in [0.29, 0.717) is 23.0 Å². The van der Waals surface area contributed by atoms with E-state index in [9.17, 15) is 0 Å².